The molecule has 2 aromatic rings. The second kappa shape index (κ2) is 5.40. The largest absolute Gasteiger partial charge is 0.493 e. The van der Waals surface area contributed by atoms with E-state index >= 15 is 0 Å². The lowest BCUT2D eigenvalue weighted by Crippen LogP contribution is -2.57. The first kappa shape index (κ1) is 17.9. The van der Waals surface area contributed by atoms with Crippen LogP contribution in [0, 0.1) is 5.41 Å². The number of hydrogen-bond acceptors (Lipinski definition) is 7. The van der Waals surface area contributed by atoms with Crippen LogP contribution in [-0.2, 0) is 5.60 Å². The molecule has 0 bridgehead atoms. The molecular formula is C23H22O7. The highest BCUT2D eigenvalue weighted by Crippen LogP contribution is 2.69. The normalized spacial score (nSPS) is 31.0. The van der Waals surface area contributed by atoms with Crippen LogP contribution in [0.25, 0.3) is 0 Å². The summed E-state index contributed by atoms with van der Waals surface area (Å²) in [6.07, 6.45) is -0.783. The fourth-order valence-corrected chi connectivity index (χ4v) is 5.23. The van der Waals surface area contributed by atoms with Crippen molar-refractivity contribution in [3.8, 4) is 28.7 Å². The van der Waals surface area contributed by atoms with Crippen molar-refractivity contribution in [2.45, 2.75) is 37.6 Å². The van der Waals surface area contributed by atoms with Gasteiger partial charge in [-0.25, -0.2) is 0 Å². The summed E-state index contributed by atoms with van der Waals surface area (Å²) < 4.78 is 28.9. The number of benzene rings is 2. The van der Waals surface area contributed by atoms with Crippen molar-refractivity contribution in [2.24, 2.45) is 5.41 Å². The molecule has 6 rings (SSSR count). The predicted octanol–water partition coefficient (Wildman–Crippen LogP) is 2.81. The molecule has 0 radical (unpaired) electrons. The molecule has 0 unspecified atom stereocenters. The highest BCUT2D eigenvalue weighted by atomic mass is 16.6. The topological polar surface area (TPSA) is 83.5 Å². The zero-order valence-corrected chi connectivity index (χ0v) is 17.1. The monoisotopic (exact) mass is 410 g/mol. The van der Waals surface area contributed by atoms with Gasteiger partial charge in [0.1, 0.15) is 30.0 Å². The summed E-state index contributed by atoms with van der Waals surface area (Å²) in [4.78, 5) is 13.7. The molecule has 0 aromatic heterocycles. The van der Waals surface area contributed by atoms with Crippen molar-refractivity contribution < 1.29 is 33.6 Å². The third-order valence-electron chi connectivity index (χ3n) is 7.05. The van der Waals surface area contributed by atoms with Gasteiger partial charge in [-0.1, -0.05) is 13.8 Å². The van der Waals surface area contributed by atoms with Crippen LogP contribution in [0.3, 0.4) is 0 Å². The Labute approximate surface area is 173 Å². The number of ketones is 1. The number of carbonyl (C=O) groups excluding carboxylic acids is 1. The van der Waals surface area contributed by atoms with E-state index in [9.17, 15) is 9.90 Å². The summed E-state index contributed by atoms with van der Waals surface area (Å²) in [6.45, 7) is 4.32. The quantitative estimate of drug-likeness (QED) is 0.815. The maximum Gasteiger partial charge on any atom is 0.206 e. The Morgan fingerprint density at radius 1 is 1.07 bits per heavy atom. The molecule has 3 aliphatic heterocycles. The van der Waals surface area contributed by atoms with Gasteiger partial charge in [0.2, 0.25) is 5.78 Å². The molecule has 4 aliphatic rings. The Kier molecular flexibility index (Phi) is 3.22. The molecule has 0 spiro atoms. The fourth-order valence-electron chi connectivity index (χ4n) is 5.23. The zero-order valence-electron chi connectivity index (χ0n) is 17.1. The number of rotatable bonds is 2. The molecule has 2 aromatic carbocycles. The van der Waals surface area contributed by atoms with Crippen LogP contribution in [0.1, 0.15) is 41.3 Å². The van der Waals surface area contributed by atoms with Gasteiger partial charge in [-0.15, -0.1) is 0 Å². The van der Waals surface area contributed by atoms with Crippen LogP contribution < -0.4 is 23.7 Å². The van der Waals surface area contributed by atoms with E-state index in [2.05, 4.69) is 13.8 Å². The van der Waals surface area contributed by atoms with Gasteiger partial charge in [-0.2, -0.15) is 0 Å². The third kappa shape index (κ3) is 1.92. The highest BCUT2D eigenvalue weighted by molar-refractivity contribution is 6.08. The number of aliphatic hydroxyl groups is 1. The SMILES string of the molecule is COc1cc2c(cc1OC)[C@@]1(O)C(=O)c3ccc4c(c3O[C@H]1CO2)[C@H]1[C@H](O4)C1(C)C. The van der Waals surface area contributed by atoms with Crippen molar-refractivity contribution >= 4 is 5.78 Å². The minimum absolute atomic E-state index is 0.00185. The van der Waals surface area contributed by atoms with Crippen LogP contribution in [0.2, 0.25) is 0 Å². The molecule has 0 amide bonds. The molecule has 7 heteroatoms. The standard InChI is InChI=1S/C23H22O7/c1-22(2)18-17-12(29-21(18)22)6-5-10-19(17)30-16-9-28-13-8-15(27-4)14(26-3)7-11(13)23(16,25)20(10)24/h5-8,16,18,21,25H,9H2,1-4H3/t16-,18-,21-,23-/m0/s1. The van der Waals surface area contributed by atoms with Gasteiger partial charge in [0, 0.05) is 28.5 Å². The van der Waals surface area contributed by atoms with Gasteiger partial charge < -0.3 is 28.8 Å². The van der Waals surface area contributed by atoms with E-state index in [0.717, 1.165) is 11.3 Å². The van der Waals surface area contributed by atoms with Gasteiger partial charge in [-0.05, 0) is 18.2 Å². The molecular weight excluding hydrogens is 388 g/mol. The number of hydrogen-bond donors (Lipinski definition) is 1. The van der Waals surface area contributed by atoms with Crippen molar-refractivity contribution in [2.75, 3.05) is 20.8 Å². The lowest BCUT2D eigenvalue weighted by Gasteiger charge is -2.43. The van der Waals surface area contributed by atoms with Crippen LogP contribution in [-0.4, -0.2) is 43.9 Å². The van der Waals surface area contributed by atoms with Crippen LogP contribution in [0.4, 0.5) is 0 Å². The van der Waals surface area contributed by atoms with E-state index in [1.54, 1.807) is 24.3 Å². The summed E-state index contributed by atoms with van der Waals surface area (Å²) in [5, 5.41) is 11.7. The second-order valence-corrected chi connectivity index (χ2v) is 8.91. The summed E-state index contributed by atoms with van der Waals surface area (Å²) in [7, 11) is 3.02. The Morgan fingerprint density at radius 2 is 1.80 bits per heavy atom. The van der Waals surface area contributed by atoms with Gasteiger partial charge in [0.05, 0.1) is 19.8 Å². The maximum absolute atomic E-state index is 13.7. The fraction of sp³-hybridized carbons (Fsp3) is 0.435. The summed E-state index contributed by atoms with van der Waals surface area (Å²) in [5.41, 5.74) is -0.278. The molecule has 7 nitrogen and oxygen atoms in total. The van der Waals surface area contributed by atoms with E-state index < -0.39 is 17.5 Å². The first-order chi connectivity index (χ1) is 14.3. The van der Waals surface area contributed by atoms with Gasteiger partial charge in [-0.3, -0.25) is 4.79 Å². The average Bonchev–Trinajstić information content (AvgIpc) is 3.08. The number of methoxy groups -OCH3 is 2. The first-order valence-corrected chi connectivity index (χ1v) is 9.99. The van der Waals surface area contributed by atoms with Crippen molar-refractivity contribution in [3.05, 3.63) is 41.0 Å². The molecule has 1 saturated carbocycles. The smallest absolute Gasteiger partial charge is 0.206 e. The predicted molar refractivity (Wildman–Crippen MR) is 105 cm³/mol. The van der Waals surface area contributed by atoms with Gasteiger partial charge >= 0.3 is 0 Å². The second-order valence-electron chi connectivity index (χ2n) is 8.91. The maximum atomic E-state index is 13.7. The summed E-state index contributed by atoms with van der Waals surface area (Å²) >= 11 is 0. The van der Waals surface area contributed by atoms with Crippen LogP contribution in [0.15, 0.2) is 24.3 Å². The summed E-state index contributed by atoms with van der Waals surface area (Å²) in [6, 6.07) is 6.69. The number of ether oxygens (including phenoxy) is 5. The third-order valence-corrected chi connectivity index (χ3v) is 7.05. The summed E-state index contributed by atoms with van der Waals surface area (Å²) in [5.74, 6) is 2.28. The minimum Gasteiger partial charge on any atom is -0.493 e. The Bertz CT molecular complexity index is 1120. The Balaban J connectivity index is 1.51. The van der Waals surface area contributed by atoms with Crippen LogP contribution in [0.5, 0.6) is 28.7 Å². The molecule has 1 aliphatic carbocycles. The van der Waals surface area contributed by atoms with E-state index in [4.69, 9.17) is 23.7 Å². The van der Waals surface area contributed by atoms with Crippen molar-refractivity contribution in [1.29, 1.82) is 0 Å². The molecule has 3 heterocycles. The van der Waals surface area contributed by atoms with Crippen molar-refractivity contribution in [1.82, 2.24) is 0 Å². The molecule has 30 heavy (non-hydrogen) atoms. The van der Waals surface area contributed by atoms with E-state index in [1.807, 2.05) is 0 Å². The minimum atomic E-state index is -1.88. The van der Waals surface area contributed by atoms with Crippen LogP contribution >= 0.6 is 0 Å². The van der Waals surface area contributed by atoms with E-state index in [1.165, 1.54) is 14.2 Å². The van der Waals surface area contributed by atoms with Gasteiger partial charge in [0.15, 0.2) is 23.2 Å². The molecule has 4 atom stereocenters. The molecule has 1 N–H and O–H groups in total. The van der Waals surface area contributed by atoms with E-state index in [0.29, 0.717) is 34.1 Å². The Hall–Kier alpha value is -2.93. The molecule has 156 valence electrons. The number of fused-ring (bicyclic) bond motifs is 8. The van der Waals surface area contributed by atoms with E-state index in [-0.39, 0.29) is 24.0 Å². The number of carbonyl (C=O) groups is 1. The zero-order chi connectivity index (χ0) is 21.0. The molecule has 0 saturated heterocycles. The number of Topliss-reactive ketones (excluding diaryl/α,β-unsaturated/α-hetero) is 1. The Morgan fingerprint density at radius 3 is 2.53 bits per heavy atom. The van der Waals surface area contributed by atoms with Gasteiger partial charge in [0.25, 0.3) is 0 Å². The average molecular weight is 410 g/mol. The highest BCUT2D eigenvalue weighted by Gasteiger charge is 2.67. The first-order valence-electron chi connectivity index (χ1n) is 9.99. The lowest BCUT2D eigenvalue weighted by molar-refractivity contribution is -0.0803. The molecule has 1 fully saturated rings. The van der Waals surface area contributed by atoms with Crippen molar-refractivity contribution in [3.63, 3.8) is 0 Å². The lowest BCUT2D eigenvalue weighted by atomic mass is 9.76.